The molecule has 9 heteroatoms. The molecule has 1 heterocycles. The summed E-state index contributed by atoms with van der Waals surface area (Å²) in [6, 6.07) is 16.7. The molecule has 2 N–H and O–H groups in total. The quantitative estimate of drug-likeness (QED) is 0.701. The summed E-state index contributed by atoms with van der Waals surface area (Å²) in [6.07, 6.45) is 3.28. The van der Waals surface area contributed by atoms with Crippen molar-refractivity contribution in [1.29, 1.82) is 5.26 Å². The molecule has 2 aromatic carbocycles. The number of rotatable bonds is 6. The summed E-state index contributed by atoms with van der Waals surface area (Å²) in [5.41, 5.74) is 3.05. The highest BCUT2D eigenvalue weighted by Gasteiger charge is 2.37. The van der Waals surface area contributed by atoms with E-state index in [1.807, 2.05) is 30.3 Å². The van der Waals surface area contributed by atoms with Crippen molar-refractivity contribution in [3.05, 3.63) is 82.1 Å². The molecule has 0 saturated heterocycles. The van der Waals surface area contributed by atoms with Crippen molar-refractivity contribution < 1.29 is 12.9 Å². The van der Waals surface area contributed by atoms with Gasteiger partial charge in [-0.15, -0.1) is 12.4 Å². The molecule has 1 aliphatic heterocycles. The molecule has 0 aliphatic carbocycles. The van der Waals surface area contributed by atoms with Crippen molar-refractivity contribution in [2.24, 2.45) is 10.1 Å². The Bertz CT molecular complexity index is 1060. The number of aliphatic imine (C=N–C) groups is 1. The lowest BCUT2D eigenvalue weighted by Crippen LogP contribution is -2.45. The first-order chi connectivity index (χ1) is 12.8. The lowest BCUT2D eigenvalue weighted by Gasteiger charge is -2.32. The monoisotopic (exact) mass is 437 g/mol. The number of benzene rings is 2. The van der Waals surface area contributed by atoms with E-state index in [0.717, 1.165) is 11.1 Å². The first-order valence-corrected chi connectivity index (χ1v) is 10.2. The molecule has 1 unspecified atom stereocenters. The Hall–Kier alpha value is -2.21. The highest BCUT2D eigenvalue weighted by Crippen LogP contribution is 2.29. The van der Waals surface area contributed by atoms with E-state index in [0.29, 0.717) is 29.4 Å². The van der Waals surface area contributed by atoms with E-state index in [-0.39, 0.29) is 22.6 Å². The molecule has 1 aliphatic rings. The predicted molar refractivity (Wildman–Crippen MR) is 112 cm³/mol. The highest BCUT2D eigenvalue weighted by molar-refractivity contribution is 7.89. The Morgan fingerprint density at radius 1 is 1.11 bits per heavy atom. The van der Waals surface area contributed by atoms with Gasteiger partial charge in [-0.3, -0.25) is 0 Å². The van der Waals surface area contributed by atoms with Crippen molar-refractivity contribution in [3.63, 3.8) is 0 Å². The standard InChI is InChI=1S/C19H18ClN4O2S.ClH/c20-18-3-1-2-17(8-18)12-24(11-16-6-4-15(9-21)5-7-16)14-23-10-19(24)13-27(22,25)26;/h1-8,10,14H,11-13H2,(H2,22,25,26);1H/q+1;. The second-order valence-electron chi connectivity index (χ2n) is 6.48. The third-order valence-electron chi connectivity index (χ3n) is 4.33. The molecule has 0 spiro atoms. The van der Waals surface area contributed by atoms with Gasteiger partial charge in [0.05, 0.1) is 17.8 Å². The Kier molecular flexibility index (Phi) is 6.99. The van der Waals surface area contributed by atoms with Crippen LogP contribution in [0.3, 0.4) is 0 Å². The van der Waals surface area contributed by atoms with Gasteiger partial charge < -0.3 is 0 Å². The molecular formula is C19H19Cl2N4O2S+. The zero-order valence-electron chi connectivity index (χ0n) is 14.8. The topological polar surface area (TPSA) is 96.3 Å². The number of quaternary nitrogens is 1. The Morgan fingerprint density at radius 3 is 2.39 bits per heavy atom. The fraction of sp³-hybridized carbons (Fsp3) is 0.158. The molecule has 0 radical (unpaired) electrons. The Morgan fingerprint density at radius 2 is 1.79 bits per heavy atom. The lowest BCUT2D eigenvalue weighted by atomic mass is 10.1. The number of nitriles is 1. The van der Waals surface area contributed by atoms with Gasteiger partial charge in [0.15, 0.2) is 12.0 Å². The molecule has 0 amide bonds. The molecule has 2 aromatic rings. The number of sulfonamides is 1. The van der Waals surface area contributed by atoms with Crippen LogP contribution in [0.4, 0.5) is 0 Å². The van der Waals surface area contributed by atoms with Crippen LogP contribution in [-0.2, 0) is 23.1 Å². The maximum absolute atomic E-state index is 11.7. The molecule has 0 bridgehead atoms. The van der Waals surface area contributed by atoms with Crippen molar-refractivity contribution >= 4 is 40.4 Å². The Labute approximate surface area is 175 Å². The number of hydrogen-bond acceptors (Lipinski definition) is 4. The van der Waals surface area contributed by atoms with Gasteiger partial charge >= 0.3 is 0 Å². The van der Waals surface area contributed by atoms with Gasteiger partial charge in [0.2, 0.25) is 10.0 Å². The van der Waals surface area contributed by atoms with Crippen molar-refractivity contribution in [2.75, 3.05) is 5.75 Å². The molecule has 0 aromatic heterocycles. The third kappa shape index (κ3) is 5.41. The minimum absolute atomic E-state index is 0. The molecule has 146 valence electrons. The van der Waals surface area contributed by atoms with Gasteiger partial charge in [-0.05, 0) is 24.3 Å². The summed E-state index contributed by atoms with van der Waals surface area (Å²) >= 11 is 6.11. The first kappa shape index (κ1) is 22.1. The summed E-state index contributed by atoms with van der Waals surface area (Å²) in [7, 11) is -3.72. The van der Waals surface area contributed by atoms with Crippen molar-refractivity contribution in [1.82, 2.24) is 0 Å². The lowest BCUT2D eigenvalue weighted by molar-refractivity contribution is -0.821. The molecule has 28 heavy (non-hydrogen) atoms. The maximum Gasteiger partial charge on any atom is 0.218 e. The summed E-state index contributed by atoms with van der Waals surface area (Å²) in [6.45, 7) is 0.953. The number of hydrogen-bond donors (Lipinski definition) is 1. The van der Waals surface area contributed by atoms with Crippen molar-refractivity contribution in [3.8, 4) is 6.07 Å². The van der Waals surface area contributed by atoms with Gasteiger partial charge in [0.25, 0.3) is 0 Å². The van der Waals surface area contributed by atoms with Gasteiger partial charge in [-0.2, -0.15) is 5.26 Å². The molecule has 0 fully saturated rings. The van der Waals surface area contributed by atoms with Crippen LogP contribution in [0.15, 0.2) is 65.4 Å². The van der Waals surface area contributed by atoms with E-state index >= 15 is 0 Å². The van der Waals surface area contributed by atoms with E-state index in [2.05, 4.69) is 11.1 Å². The van der Waals surface area contributed by atoms with Crippen LogP contribution >= 0.6 is 24.0 Å². The zero-order valence-corrected chi connectivity index (χ0v) is 17.2. The van der Waals surface area contributed by atoms with Crippen molar-refractivity contribution in [2.45, 2.75) is 13.1 Å². The van der Waals surface area contributed by atoms with Crippen LogP contribution < -0.4 is 5.14 Å². The normalized spacial score (nSPS) is 18.2. The smallest absolute Gasteiger partial charge is 0.218 e. The number of primary sulfonamides is 1. The molecular weight excluding hydrogens is 419 g/mol. The second-order valence-corrected chi connectivity index (χ2v) is 8.53. The van der Waals surface area contributed by atoms with Crippen LogP contribution in [0.25, 0.3) is 0 Å². The molecule has 6 nitrogen and oxygen atoms in total. The molecule has 1 atom stereocenters. The highest BCUT2D eigenvalue weighted by atomic mass is 35.5. The SMILES string of the molecule is Cl.N#Cc1ccc(C[N+]2(Cc3cccc(Cl)c3)C=NC=C2CS(N)(=O)=O)cc1. The summed E-state index contributed by atoms with van der Waals surface area (Å²) < 4.78 is 23.7. The van der Waals surface area contributed by atoms with E-state index in [1.165, 1.54) is 0 Å². The first-order valence-electron chi connectivity index (χ1n) is 8.14. The van der Waals surface area contributed by atoms with E-state index < -0.39 is 10.0 Å². The van der Waals surface area contributed by atoms with Crippen LogP contribution in [-0.4, -0.2) is 25.0 Å². The van der Waals surface area contributed by atoms with Crippen LogP contribution in [0.5, 0.6) is 0 Å². The van der Waals surface area contributed by atoms with Crippen LogP contribution in [0.1, 0.15) is 16.7 Å². The summed E-state index contributed by atoms with van der Waals surface area (Å²) in [5, 5.41) is 14.9. The van der Waals surface area contributed by atoms with E-state index in [9.17, 15) is 8.42 Å². The average Bonchev–Trinajstić information content (AvgIpc) is 2.95. The predicted octanol–water partition coefficient (Wildman–Crippen LogP) is 3.32. The summed E-state index contributed by atoms with van der Waals surface area (Å²) in [5.74, 6) is -0.288. The van der Waals surface area contributed by atoms with E-state index in [4.69, 9.17) is 22.0 Å². The molecule has 0 saturated carbocycles. The van der Waals surface area contributed by atoms with E-state index in [1.54, 1.807) is 30.7 Å². The third-order valence-corrected chi connectivity index (χ3v) is 5.27. The van der Waals surface area contributed by atoms with Gasteiger partial charge in [-0.25, -0.2) is 23.0 Å². The Balaban J connectivity index is 0.00000280. The van der Waals surface area contributed by atoms with Crippen LogP contribution in [0, 0.1) is 11.3 Å². The maximum atomic E-state index is 11.7. The number of halogens is 2. The fourth-order valence-electron chi connectivity index (χ4n) is 3.12. The van der Waals surface area contributed by atoms with Gasteiger partial charge in [-0.1, -0.05) is 35.9 Å². The number of nitrogens with zero attached hydrogens (tertiary/aromatic N) is 3. The summed E-state index contributed by atoms with van der Waals surface area (Å²) in [4.78, 5) is 4.23. The minimum Gasteiger partial charge on any atom is -0.243 e. The second kappa shape index (κ2) is 8.86. The number of nitrogens with two attached hydrogens (primary N) is 1. The fourth-order valence-corrected chi connectivity index (χ4v) is 4.08. The minimum atomic E-state index is -3.72. The van der Waals surface area contributed by atoms with Crippen LogP contribution in [0.2, 0.25) is 5.02 Å². The van der Waals surface area contributed by atoms with Gasteiger partial charge in [0.1, 0.15) is 18.8 Å². The van der Waals surface area contributed by atoms with Gasteiger partial charge in [0, 0.05) is 16.1 Å². The largest absolute Gasteiger partial charge is 0.243 e. The average molecular weight is 438 g/mol. The zero-order chi connectivity index (χ0) is 19.5. The molecule has 3 rings (SSSR count).